The van der Waals surface area contributed by atoms with Crippen molar-refractivity contribution in [2.75, 3.05) is 5.32 Å². The van der Waals surface area contributed by atoms with Gasteiger partial charge in [-0.1, -0.05) is 12.2 Å². The Morgan fingerprint density at radius 3 is 2.10 bits per heavy atom. The molecule has 0 aliphatic carbocycles. The fraction of sp³-hybridized carbons (Fsp3) is 0.333. The number of rotatable bonds is 3. The molecule has 0 atom stereocenters. The highest BCUT2D eigenvalue weighted by Gasteiger charge is 2.30. The van der Waals surface area contributed by atoms with Gasteiger partial charge < -0.3 is 16.4 Å². The summed E-state index contributed by atoms with van der Waals surface area (Å²) in [5.41, 5.74) is 3.99. The van der Waals surface area contributed by atoms with Crippen molar-refractivity contribution in [3.8, 4) is 0 Å². The second-order valence-corrected chi connectivity index (χ2v) is 5.08. The van der Waals surface area contributed by atoms with Crippen molar-refractivity contribution in [2.45, 2.75) is 25.6 Å². The van der Waals surface area contributed by atoms with Crippen molar-refractivity contribution in [3.63, 3.8) is 0 Å². The monoisotopic (exact) mass is 305 g/mol. The van der Waals surface area contributed by atoms with E-state index in [9.17, 15) is 18.0 Å². The zero-order valence-corrected chi connectivity index (χ0v) is 11.7. The molecule has 0 aliphatic heterocycles. The zero-order valence-electron chi connectivity index (χ0n) is 10.8. The average molecular weight is 305 g/mol. The van der Waals surface area contributed by atoms with Crippen LogP contribution in [0.4, 0.5) is 23.7 Å². The molecule has 0 spiro atoms. The molecule has 2 amide bonds. The Kier molecular flexibility index (Phi) is 4.59. The van der Waals surface area contributed by atoms with Crippen LogP contribution in [0.15, 0.2) is 24.3 Å². The van der Waals surface area contributed by atoms with Crippen LogP contribution in [0, 0.1) is 0 Å². The van der Waals surface area contributed by atoms with E-state index in [1.165, 1.54) is 0 Å². The van der Waals surface area contributed by atoms with Gasteiger partial charge in [0.15, 0.2) is 0 Å². The molecule has 0 unspecified atom stereocenters. The van der Waals surface area contributed by atoms with Gasteiger partial charge in [-0.25, -0.2) is 4.79 Å². The minimum absolute atomic E-state index is 0.0973. The number of alkyl halides is 3. The first kappa shape index (κ1) is 16.2. The lowest BCUT2D eigenvalue weighted by atomic mass is 10.1. The normalized spacial score (nSPS) is 11.8. The van der Waals surface area contributed by atoms with E-state index in [4.69, 9.17) is 18.0 Å². The summed E-state index contributed by atoms with van der Waals surface area (Å²) < 4.78 is 37.1. The van der Waals surface area contributed by atoms with Crippen molar-refractivity contribution >= 4 is 28.9 Å². The van der Waals surface area contributed by atoms with Crippen LogP contribution >= 0.6 is 12.2 Å². The number of urea groups is 1. The number of hydrogen-bond donors (Lipinski definition) is 3. The van der Waals surface area contributed by atoms with Gasteiger partial charge in [-0.05, 0) is 38.1 Å². The number of anilines is 1. The van der Waals surface area contributed by atoms with Crippen molar-refractivity contribution in [1.29, 1.82) is 0 Å². The second kappa shape index (κ2) is 5.66. The molecule has 0 radical (unpaired) electrons. The number of thiocarbonyl (C=S) groups is 1. The standard InChI is InChI=1S/C12H14F3N3OS/c1-11(2,9(16)20)18-10(19)17-8-5-3-7(4-6-8)12(13,14)15/h3-6H,1-2H3,(H2,16,20)(H2,17,18,19). The van der Waals surface area contributed by atoms with Gasteiger partial charge in [-0.2, -0.15) is 13.2 Å². The highest BCUT2D eigenvalue weighted by molar-refractivity contribution is 7.80. The number of carbonyl (C=O) groups is 1. The van der Waals surface area contributed by atoms with E-state index in [1.54, 1.807) is 13.8 Å². The smallest absolute Gasteiger partial charge is 0.391 e. The average Bonchev–Trinajstić information content (AvgIpc) is 2.27. The molecule has 0 saturated heterocycles. The minimum atomic E-state index is -4.41. The number of amides is 2. The van der Waals surface area contributed by atoms with Crippen LogP contribution in [0.2, 0.25) is 0 Å². The van der Waals surface area contributed by atoms with E-state index >= 15 is 0 Å². The third-order valence-electron chi connectivity index (χ3n) is 2.51. The van der Waals surface area contributed by atoms with Gasteiger partial charge in [0, 0.05) is 5.69 Å². The van der Waals surface area contributed by atoms with Gasteiger partial charge in [0.2, 0.25) is 0 Å². The van der Waals surface area contributed by atoms with Crippen LogP contribution in [-0.2, 0) is 6.18 Å². The number of carbonyl (C=O) groups excluding carboxylic acids is 1. The molecule has 0 fully saturated rings. The maximum Gasteiger partial charge on any atom is 0.416 e. The van der Waals surface area contributed by atoms with E-state index in [0.717, 1.165) is 24.3 Å². The van der Waals surface area contributed by atoms with Crippen LogP contribution < -0.4 is 16.4 Å². The van der Waals surface area contributed by atoms with Crippen molar-refractivity contribution in [2.24, 2.45) is 5.73 Å². The molecule has 4 nitrogen and oxygen atoms in total. The largest absolute Gasteiger partial charge is 0.416 e. The lowest BCUT2D eigenvalue weighted by molar-refractivity contribution is -0.137. The molecule has 0 aromatic heterocycles. The molecule has 4 N–H and O–H groups in total. The highest BCUT2D eigenvalue weighted by Crippen LogP contribution is 2.29. The van der Waals surface area contributed by atoms with Crippen LogP contribution in [0.3, 0.4) is 0 Å². The van der Waals surface area contributed by atoms with Crippen molar-refractivity contribution < 1.29 is 18.0 Å². The quantitative estimate of drug-likeness (QED) is 0.752. The third-order valence-corrected chi connectivity index (χ3v) is 3.02. The number of hydrogen-bond acceptors (Lipinski definition) is 2. The van der Waals surface area contributed by atoms with E-state index in [2.05, 4.69) is 10.6 Å². The predicted octanol–water partition coefficient (Wildman–Crippen LogP) is 2.89. The summed E-state index contributed by atoms with van der Waals surface area (Å²) in [5.74, 6) is 0. The van der Waals surface area contributed by atoms with Gasteiger partial charge in [0.25, 0.3) is 0 Å². The first-order valence-electron chi connectivity index (χ1n) is 5.59. The summed E-state index contributed by atoms with van der Waals surface area (Å²) in [6.07, 6.45) is -4.41. The molecule has 0 bridgehead atoms. The van der Waals surface area contributed by atoms with Gasteiger partial charge in [-0.3, -0.25) is 0 Å². The Morgan fingerprint density at radius 2 is 1.70 bits per heavy atom. The van der Waals surface area contributed by atoms with E-state index < -0.39 is 23.3 Å². The summed E-state index contributed by atoms with van der Waals surface area (Å²) >= 11 is 4.78. The van der Waals surface area contributed by atoms with Crippen LogP contribution in [-0.4, -0.2) is 16.6 Å². The predicted molar refractivity (Wildman–Crippen MR) is 74.5 cm³/mol. The minimum Gasteiger partial charge on any atom is -0.391 e. The topological polar surface area (TPSA) is 67.2 Å². The first-order valence-corrected chi connectivity index (χ1v) is 5.99. The molecule has 1 aromatic rings. The van der Waals surface area contributed by atoms with Gasteiger partial charge in [0.05, 0.1) is 16.1 Å². The summed E-state index contributed by atoms with van der Waals surface area (Å²) in [4.78, 5) is 11.8. The van der Waals surface area contributed by atoms with Gasteiger partial charge >= 0.3 is 12.2 Å². The molecule has 110 valence electrons. The summed E-state index contributed by atoms with van der Waals surface area (Å²) in [7, 11) is 0. The molecular formula is C12H14F3N3OS. The molecule has 1 aromatic carbocycles. The summed E-state index contributed by atoms with van der Waals surface area (Å²) in [6, 6.07) is 3.48. The molecule has 0 heterocycles. The Balaban J connectivity index is 2.70. The fourth-order valence-electron chi connectivity index (χ4n) is 1.25. The van der Waals surface area contributed by atoms with E-state index in [0.29, 0.717) is 0 Å². The lowest BCUT2D eigenvalue weighted by Gasteiger charge is -2.24. The fourth-order valence-corrected chi connectivity index (χ4v) is 1.30. The van der Waals surface area contributed by atoms with Crippen LogP contribution in [0.25, 0.3) is 0 Å². The van der Waals surface area contributed by atoms with Crippen molar-refractivity contribution in [3.05, 3.63) is 29.8 Å². The van der Waals surface area contributed by atoms with Gasteiger partial charge in [0.1, 0.15) is 0 Å². The maximum absolute atomic E-state index is 12.4. The molecule has 1 rings (SSSR count). The second-order valence-electron chi connectivity index (χ2n) is 4.64. The number of nitrogens with two attached hydrogens (primary N) is 1. The lowest BCUT2D eigenvalue weighted by Crippen LogP contribution is -2.53. The van der Waals surface area contributed by atoms with E-state index in [-0.39, 0.29) is 10.7 Å². The zero-order chi connectivity index (χ0) is 15.6. The van der Waals surface area contributed by atoms with E-state index in [1.807, 2.05) is 0 Å². The van der Waals surface area contributed by atoms with Crippen LogP contribution in [0.5, 0.6) is 0 Å². The SMILES string of the molecule is CC(C)(NC(=O)Nc1ccc(C(F)(F)F)cc1)C(N)=S. The number of halogens is 3. The molecular weight excluding hydrogens is 291 g/mol. The first-order chi connectivity index (χ1) is 9.02. The number of benzene rings is 1. The third kappa shape index (κ3) is 4.37. The summed E-state index contributed by atoms with van der Waals surface area (Å²) in [5, 5.41) is 4.91. The highest BCUT2D eigenvalue weighted by atomic mass is 32.1. The van der Waals surface area contributed by atoms with Crippen molar-refractivity contribution in [1.82, 2.24) is 5.32 Å². The molecule has 0 aliphatic rings. The molecule has 20 heavy (non-hydrogen) atoms. The Hall–Kier alpha value is -1.83. The Morgan fingerprint density at radius 1 is 1.20 bits per heavy atom. The number of nitrogens with one attached hydrogen (secondary N) is 2. The Bertz CT molecular complexity index is 512. The molecule has 0 saturated carbocycles. The maximum atomic E-state index is 12.4. The van der Waals surface area contributed by atoms with Crippen LogP contribution in [0.1, 0.15) is 19.4 Å². The molecule has 8 heteroatoms. The Labute approximate surface area is 119 Å². The van der Waals surface area contributed by atoms with Gasteiger partial charge in [-0.15, -0.1) is 0 Å². The summed E-state index contributed by atoms with van der Waals surface area (Å²) in [6.45, 7) is 3.23.